The second kappa shape index (κ2) is 27.2. The van der Waals surface area contributed by atoms with Gasteiger partial charge in [0.15, 0.2) is 22.4 Å². The summed E-state index contributed by atoms with van der Waals surface area (Å²) in [5, 5.41) is 12.9. The molecule has 0 radical (unpaired) electrons. The molecule has 0 unspecified atom stereocenters. The maximum atomic E-state index is 13.7. The first kappa shape index (κ1) is 70.6. The molecule has 83 heavy (non-hydrogen) atoms. The Kier molecular flexibility index (Phi) is 23.1. The third-order valence-electron chi connectivity index (χ3n) is 17.9. The SMILES string of the molecule is [C-]#[N+]c1ccc(C[C@@H](C(=O)NCC(=O)c2ccc(O[Si](C)(C)C(C)(C)C)cc2)[C@H](C)O[Si](C)(C)C(C)(C)C)c(C)c1Cl.[C-]#[N+]c1ccc(C[C@@H](c2nnc(-c3ccc(O[Si](C)(C)C(C)(C)C)cc3)o2)[C@H](C)O[Si](C)(C)C(C)(C)C)c(C)c1Cl. The van der Waals surface area contributed by atoms with Crippen molar-refractivity contribution in [3.05, 3.63) is 139 Å². The molecule has 0 aliphatic rings. The molecule has 4 atom stereocenters. The standard InChI is InChI=1S/C33H49ClN2O4Si2.C32H46ClN3O3Si2/c1-22-25(16-19-28(35-9)30(22)34)20-27(23(2)39-41(10,11)32(3,4)5)31(38)36-21-29(37)24-14-17-26(18-15-24)40-42(12,13)33(6,7)8;1-21-24(16-19-27(34-9)28(21)33)20-26(22(2)38-40(10,11)31(3,4)5)30-36-35-29(37-30)23-14-17-25(18-15-23)39-41(12,13)32(6,7)8/h14-19,23,27H,20-21H2,1-8,10-13H3,(H,36,38);14-19,22,26H,20H2,1-8,10-13H3/t23-,27+;22-,26+/m00/s1. The van der Waals surface area contributed by atoms with E-state index in [4.69, 9.17) is 58.5 Å². The Bertz CT molecular complexity index is 3140. The zero-order chi connectivity index (χ0) is 63.2. The normalized spacial score (nSPS) is 14.3. The number of nitrogens with one attached hydrogen (secondary N) is 1. The number of amides is 1. The zero-order valence-corrected chi connectivity index (χ0v) is 59.8. The van der Waals surface area contributed by atoms with Crippen molar-refractivity contribution >= 4 is 79.5 Å². The number of benzene rings is 4. The molecule has 5 rings (SSSR count). The van der Waals surface area contributed by atoms with E-state index in [2.05, 4.69) is 168 Å². The van der Waals surface area contributed by atoms with E-state index in [1.165, 1.54) is 0 Å². The lowest BCUT2D eigenvalue weighted by Gasteiger charge is -2.40. The molecule has 0 bridgehead atoms. The van der Waals surface area contributed by atoms with Gasteiger partial charge in [-0.25, -0.2) is 9.69 Å². The van der Waals surface area contributed by atoms with Gasteiger partial charge in [0, 0.05) is 11.1 Å². The summed E-state index contributed by atoms with van der Waals surface area (Å²) in [5.41, 5.74) is 5.76. The fraction of sp³-hybridized carbons (Fsp3) is 0.538. The summed E-state index contributed by atoms with van der Waals surface area (Å²) in [6, 6.07) is 22.3. The number of carbonyl (C=O) groups is 2. The summed E-state index contributed by atoms with van der Waals surface area (Å²) >= 11 is 13.0. The first-order chi connectivity index (χ1) is 37.9. The molecule has 4 aromatic carbocycles. The minimum absolute atomic E-state index is 0.0325. The van der Waals surface area contributed by atoms with Crippen LogP contribution in [0.2, 0.25) is 82.6 Å². The van der Waals surface area contributed by atoms with E-state index in [0.29, 0.717) is 51.6 Å². The van der Waals surface area contributed by atoms with Crippen LogP contribution in [-0.4, -0.2) is 73.9 Å². The predicted molar refractivity (Wildman–Crippen MR) is 353 cm³/mol. The summed E-state index contributed by atoms with van der Waals surface area (Å²) in [6.07, 6.45) is 0.398. The summed E-state index contributed by atoms with van der Waals surface area (Å²) in [4.78, 5) is 33.8. The number of hydrogen-bond donors (Lipinski definition) is 1. The Balaban J connectivity index is 0.000000356. The number of nitrogens with zero attached hydrogens (tertiary/aromatic N) is 4. The number of aromatic nitrogens is 2. The van der Waals surface area contributed by atoms with Gasteiger partial charge >= 0.3 is 0 Å². The third-order valence-corrected chi connectivity index (χ3v) is 36.8. The highest BCUT2D eigenvalue weighted by molar-refractivity contribution is 6.75. The first-order valence-electron chi connectivity index (χ1n) is 28.8. The molecule has 0 fully saturated rings. The molecule has 0 aliphatic heterocycles. The Hall–Kier alpha value is -4.89. The van der Waals surface area contributed by atoms with Gasteiger partial charge in [-0.3, -0.25) is 9.59 Å². The summed E-state index contributed by atoms with van der Waals surface area (Å²) in [6.45, 7) is 66.6. The largest absolute Gasteiger partial charge is 0.544 e. The van der Waals surface area contributed by atoms with Crippen molar-refractivity contribution in [2.24, 2.45) is 5.92 Å². The topological polar surface area (TPSA) is 131 Å². The van der Waals surface area contributed by atoms with Crippen LogP contribution in [0, 0.1) is 32.9 Å². The van der Waals surface area contributed by atoms with E-state index in [1.54, 1.807) is 24.3 Å². The number of ketones is 1. The van der Waals surface area contributed by atoms with Gasteiger partial charge in [0.05, 0.1) is 53.8 Å². The van der Waals surface area contributed by atoms with Crippen LogP contribution in [0.15, 0.2) is 77.2 Å². The van der Waals surface area contributed by atoms with Crippen LogP contribution < -0.4 is 14.2 Å². The molecule has 5 aromatic rings. The van der Waals surface area contributed by atoms with Gasteiger partial charge in [-0.15, -0.1) is 10.2 Å². The van der Waals surface area contributed by atoms with E-state index < -0.39 is 45.3 Å². The highest BCUT2D eigenvalue weighted by atomic mass is 35.5. The summed E-state index contributed by atoms with van der Waals surface area (Å²) in [7, 11) is -8.20. The third kappa shape index (κ3) is 18.1. The second-order valence-corrected chi connectivity index (χ2v) is 48.0. The summed E-state index contributed by atoms with van der Waals surface area (Å²) < 4.78 is 32.6. The minimum atomic E-state index is -2.19. The molecule has 452 valence electrons. The van der Waals surface area contributed by atoms with Crippen LogP contribution in [0.1, 0.15) is 141 Å². The number of halogens is 2. The molecule has 1 amide bonds. The molecule has 1 N–H and O–H groups in total. The highest BCUT2D eigenvalue weighted by Crippen LogP contribution is 2.43. The van der Waals surface area contributed by atoms with Crippen LogP contribution in [0.4, 0.5) is 11.4 Å². The van der Waals surface area contributed by atoms with Gasteiger partial charge in [0.2, 0.25) is 45.7 Å². The monoisotopic (exact) mass is 1240 g/mol. The minimum Gasteiger partial charge on any atom is -0.544 e. The van der Waals surface area contributed by atoms with Crippen LogP contribution >= 0.6 is 23.2 Å². The average Bonchev–Trinajstić information content (AvgIpc) is 4.14. The fourth-order valence-electron chi connectivity index (χ4n) is 8.05. The highest BCUT2D eigenvalue weighted by Gasteiger charge is 2.44. The van der Waals surface area contributed by atoms with E-state index in [-0.39, 0.29) is 50.4 Å². The quantitative estimate of drug-likeness (QED) is 0.0460. The van der Waals surface area contributed by atoms with E-state index >= 15 is 0 Å². The van der Waals surface area contributed by atoms with Gasteiger partial charge in [0.25, 0.3) is 0 Å². The fourth-order valence-corrected chi connectivity index (χ4v) is 13.5. The maximum absolute atomic E-state index is 13.7. The van der Waals surface area contributed by atoms with Crippen molar-refractivity contribution < 1.29 is 31.7 Å². The lowest BCUT2D eigenvalue weighted by Crippen LogP contribution is -2.48. The van der Waals surface area contributed by atoms with Crippen LogP contribution in [0.25, 0.3) is 21.1 Å². The van der Waals surface area contributed by atoms with Crippen molar-refractivity contribution in [2.75, 3.05) is 6.54 Å². The van der Waals surface area contributed by atoms with Crippen molar-refractivity contribution in [2.45, 2.75) is 214 Å². The van der Waals surface area contributed by atoms with Crippen molar-refractivity contribution in [1.82, 2.24) is 15.5 Å². The van der Waals surface area contributed by atoms with Crippen LogP contribution in [0.5, 0.6) is 11.5 Å². The van der Waals surface area contributed by atoms with Crippen molar-refractivity contribution in [3.8, 4) is 23.0 Å². The molecule has 1 heterocycles. The number of hydrogen-bond acceptors (Lipinski definition) is 9. The molecule has 0 saturated carbocycles. The van der Waals surface area contributed by atoms with Gasteiger partial charge in [-0.05, 0) is 184 Å². The van der Waals surface area contributed by atoms with Gasteiger partial charge in [0.1, 0.15) is 11.5 Å². The second-order valence-electron chi connectivity index (χ2n) is 28.2. The van der Waals surface area contributed by atoms with Gasteiger partial charge in [-0.2, -0.15) is 0 Å². The van der Waals surface area contributed by atoms with Crippen LogP contribution in [0.3, 0.4) is 0 Å². The number of carbonyl (C=O) groups excluding carboxylic acids is 2. The Morgan fingerprint density at radius 2 is 0.976 bits per heavy atom. The Morgan fingerprint density at radius 1 is 0.578 bits per heavy atom. The lowest BCUT2D eigenvalue weighted by molar-refractivity contribution is -0.127. The molecule has 12 nitrogen and oxygen atoms in total. The van der Waals surface area contributed by atoms with Crippen LogP contribution in [-0.2, 0) is 26.5 Å². The summed E-state index contributed by atoms with van der Waals surface area (Å²) in [5.74, 6) is 1.40. The lowest BCUT2D eigenvalue weighted by atomic mass is 9.91. The molecule has 0 saturated heterocycles. The predicted octanol–water partition coefficient (Wildman–Crippen LogP) is 19.5. The van der Waals surface area contributed by atoms with E-state index in [9.17, 15) is 9.59 Å². The Labute approximate surface area is 512 Å². The van der Waals surface area contributed by atoms with Crippen molar-refractivity contribution in [3.63, 3.8) is 0 Å². The van der Waals surface area contributed by atoms with Gasteiger partial charge < -0.3 is 27.4 Å². The van der Waals surface area contributed by atoms with Gasteiger partial charge in [-0.1, -0.05) is 131 Å². The molecule has 1 aromatic heterocycles. The molecular weight excluding hydrogens is 1150 g/mol. The van der Waals surface area contributed by atoms with E-state index in [1.807, 2.05) is 69.3 Å². The molecule has 18 heteroatoms. The maximum Gasteiger partial charge on any atom is 0.250 e. The smallest absolute Gasteiger partial charge is 0.250 e. The Morgan fingerprint density at radius 3 is 1.39 bits per heavy atom. The molecule has 0 spiro atoms. The first-order valence-corrected chi connectivity index (χ1v) is 41.2. The molecular formula is C65H95Cl2N5O7Si4. The number of rotatable bonds is 20. The average molecular weight is 1240 g/mol. The molecule has 0 aliphatic carbocycles. The van der Waals surface area contributed by atoms with E-state index in [0.717, 1.165) is 39.3 Å². The zero-order valence-electron chi connectivity index (χ0n) is 54.3. The number of Topliss-reactive ketones (excluding diaryl/α,β-unsaturated/α-hetero) is 1. The van der Waals surface area contributed by atoms with Crippen molar-refractivity contribution in [1.29, 1.82) is 0 Å².